The first-order valence-corrected chi connectivity index (χ1v) is 14.4. The molecule has 0 saturated carbocycles. The number of ether oxygens (including phenoxy) is 1. The third-order valence-corrected chi connectivity index (χ3v) is 8.74. The summed E-state index contributed by atoms with van der Waals surface area (Å²) in [6.07, 6.45) is 0. The van der Waals surface area contributed by atoms with Gasteiger partial charge in [0.15, 0.2) is 0 Å². The SMILES string of the molecule is Cc1cccc(-n2nc(C(C)(C)C)c3c2N(CC(=O)N2CCOCC2)C(=O)CSC3c2ccc(F)cc2F)c1C. The third-order valence-electron chi connectivity index (χ3n) is 7.51. The van der Waals surface area contributed by atoms with Gasteiger partial charge in [-0.3, -0.25) is 14.5 Å². The number of morpholine rings is 1. The van der Waals surface area contributed by atoms with Gasteiger partial charge in [-0.05, 0) is 37.1 Å². The maximum Gasteiger partial charge on any atom is 0.242 e. The van der Waals surface area contributed by atoms with E-state index in [1.54, 1.807) is 9.58 Å². The number of amides is 2. The predicted molar refractivity (Wildman–Crippen MR) is 152 cm³/mol. The molecule has 3 aromatic rings. The summed E-state index contributed by atoms with van der Waals surface area (Å²) in [6, 6.07) is 9.40. The molecule has 1 aromatic heterocycles. The van der Waals surface area contributed by atoms with Gasteiger partial charge in [0, 0.05) is 35.7 Å². The summed E-state index contributed by atoms with van der Waals surface area (Å²) in [4.78, 5) is 30.5. The molecule has 2 aliphatic rings. The normalized spacial score (nSPS) is 18.1. The number of benzene rings is 2. The Hall–Kier alpha value is -3.24. The van der Waals surface area contributed by atoms with Crippen LogP contribution in [0.15, 0.2) is 36.4 Å². The Labute approximate surface area is 237 Å². The minimum atomic E-state index is -0.687. The van der Waals surface area contributed by atoms with Crippen LogP contribution in [0.25, 0.3) is 5.69 Å². The van der Waals surface area contributed by atoms with E-state index >= 15 is 4.39 Å². The summed E-state index contributed by atoms with van der Waals surface area (Å²) in [7, 11) is 0. The summed E-state index contributed by atoms with van der Waals surface area (Å²) in [5.41, 5.74) is 3.91. The number of hydrogen-bond donors (Lipinski definition) is 0. The van der Waals surface area contributed by atoms with E-state index in [4.69, 9.17) is 9.84 Å². The lowest BCUT2D eigenvalue weighted by Gasteiger charge is -2.30. The minimum absolute atomic E-state index is 0.0168. The Bertz CT molecular complexity index is 1460. The molecule has 5 rings (SSSR count). The molecule has 3 heterocycles. The Balaban J connectivity index is 1.78. The number of aryl methyl sites for hydroxylation is 1. The maximum atomic E-state index is 15.3. The van der Waals surface area contributed by atoms with E-state index in [2.05, 4.69) is 0 Å². The predicted octanol–water partition coefficient (Wildman–Crippen LogP) is 5.09. The highest BCUT2D eigenvalue weighted by molar-refractivity contribution is 8.00. The van der Waals surface area contributed by atoms with Gasteiger partial charge in [-0.15, -0.1) is 11.8 Å². The van der Waals surface area contributed by atoms with Crippen molar-refractivity contribution in [3.05, 3.63) is 76.0 Å². The lowest BCUT2D eigenvalue weighted by atomic mass is 9.87. The van der Waals surface area contributed by atoms with E-state index in [-0.39, 0.29) is 29.7 Å². The average Bonchev–Trinajstić information content (AvgIpc) is 3.24. The van der Waals surface area contributed by atoms with Crippen molar-refractivity contribution in [2.24, 2.45) is 0 Å². The van der Waals surface area contributed by atoms with Crippen LogP contribution in [0.5, 0.6) is 0 Å². The van der Waals surface area contributed by atoms with Crippen LogP contribution in [0.4, 0.5) is 14.6 Å². The fraction of sp³-hybridized carbons (Fsp3) is 0.433. The quantitative estimate of drug-likeness (QED) is 0.439. The molecule has 10 heteroatoms. The minimum Gasteiger partial charge on any atom is -0.378 e. The molecule has 0 radical (unpaired) electrons. The molecule has 2 aliphatic heterocycles. The van der Waals surface area contributed by atoms with Crippen molar-refractivity contribution in [1.82, 2.24) is 14.7 Å². The molecule has 0 N–H and O–H groups in total. The molecule has 212 valence electrons. The van der Waals surface area contributed by atoms with Crippen LogP contribution < -0.4 is 4.90 Å². The molecule has 1 fully saturated rings. The van der Waals surface area contributed by atoms with Crippen molar-refractivity contribution < 1.29 is 23.1 Å². The Morgan fingerprint density at radius 1 is 1.12 bits per heavy atom. The second-order valence-corrected chi connectivity index (χ2v) is 12.4. The number of halogens is 2. The van der Waals surface area contributed by atoms with Gasteiger partial charge in [0.25, 0.3) is 0 Å². The summed E-state index contributed by atoms with van der Waals surface area (Å²) in [5.74, 6) is -1.36. The standard InChI is InChI=1S/C30H34F2N4O3S/c1-18-7-6-8-23(19(18)2)36-29-26(28(33-36)30(3,4)5)27(21-10-9-20(31)15-22(21)32)40-17-25(38)35(29)16-24(37)34-11-13-39-14-12-34/h6-10,15,27H,11-14,16-17H2,1-5H3. The van der Waals surface area contributed by atoms with Crippen LogP contribution in [0.1, 0.15) is 54.0 Å². The number of thioether (sulfide) groups is 1. The number of rotatable bonds is 4. The Morgan fingerprint density at radius 3 is 2.52 bits per heavy atom. The van der Waals surface area contributed by atoms with Crippen molar-refractivity contribution in [3.8, 4) is 5.69 Å². The molecule has 0 bridgehead atoms. The number of carbonyl (C=O) groups excluding carboxylic acids is 2. The van der Waals surface area contributed by atoms with Crippen LogP contribution in [-0.2, 0) is 19.7 Å². The van der Waals surface area contributed by atoms with Crippen LogP contribution in [-0.4, -0.2) is 65.1 Å². The molecule has 2 amide bonds. The highest BCUT2D eigenvalue weighted by atomic mass is 32.2. The zero-order chi connectivity index (χ0) is 28.8. The summed E-state index contributed by atoms with van der Waals surface area (Å²) in [5, 5.41) is 4.43. The first-order valence-electron chi connectivity index (χ1n) is 13.4. The molecule has 2 aromatic carbocycles. The van der Waals surface area contributed by atoms with Crippen molar-refractivity contribution >= 4 is 29.4 Å². The summed E-state index contributed by atoms with van der Waals surface area (Å²) < 4.78 is 36.4. The fourth-order valence-corrected chi connectivity index (χ4v) is 6.43. The van der Waals surface area contributed by atoms with E-state index in [0.717, 1.165) is 22.9 Å². The molecule has 0 spiro atoms. The molecule has 7 nitrogen and oxygen atoms in total. The lowest BCUT2D eigenvalue weighted by Crippen LogP contribution is -2.48. The van der Waals surface area contributed by atoms with E-state index in [1.807, 2.05) is 52.8 Å². The number of carbonyl (C=O) groups is 2. The van der Waals surface area contributed by atoms with Crippen molar-refractivity contribution in [3.63, 3.8) is 0 Å². The Morgan fingerprint density at radius 2 is 1.85 bits per heavy atom. The number of hydrogen-bond acceptors (Lipinski definition) is 5. The van der Waals surface area contributed by atoms with Crippen molar-refractivity contribution in [1.29, 1.82) is 0 Å². The zero-order valence-electron chi connectivity index (χ0n) is 23.5. The monoisotopic (exact) mass is 568 g/mol. The molecular weight excluding hydrogens is 534 g/mol. The molecule has 40 heavy (non-hydrogen) atoms. The van der Waals surface area contributed by atoms with Gasteiger partial charge in [0.1, 0.15) is 24.0 Å². The van der Waals surface area contributed by atoms with Crippen molar-refractivity contribution in [2.75, 3.05) is 43.5 Å². The molecule has 0 aliphatic carbocycles. The van der Waals surface area contributed by atoms with Gasteiger partial charge < -0.3 is 9.64 Å². The third kappa shape index (κ3) is 5.26. The number of fused-ring (bicyclic) bond motifs is 1. The second kappa shape index (κ2) is 11.0. The maximum absolute atomic E-state index is 15.3. The number of aromatic nitrogens is 2. The van der Waals surface area contributed by atoms with Gasteiger partial charge in [0.2, 0.25) is 11.8 Å². The van der Waals surface area contributed by atoms with Crippen LogP contribution in [0, 0.1) is 25.5 Å². The van der Waals surface area contributed by atoms with Gasteiger partial charge in [-0.2, -0.15) is 5.10 Å². The second-order valence-electron chi connectivity index (χ2n) is 11.3. The number of anilines is 1. The van der Waals surface area contributed by atoms with E-state index in [0.29, 0.717) is 43.4 Å². The van der Waals surface area contributed by atoms with Crippen LogP contribution in [0.2, 0.25) is 0 Å². The Kier molecular flexibility index (Phi) is 7.76. The van der Waals surface area contributed by atoms with Crippen molar-refractivity contribution in [2.45, 2.75) is 45.3 Å². The summed E-state index contributed by atoms with van der Waals surface area (Å²) in [6.45, 7) is 11.7. The highest BCUT2D eigenvalue weighted by Gasteiger charge is 2.41. The first kappa shape index (κ1) is 28.3. The van der Waals surface area contributed by atoms with Crippen LogP contribution >= 0.6 is 11.8 Å². The molecule has 1 unspecified atom stereocenters. The molecule has 1 saturated heterocycles. The van der Waals surface area contributed by atoms with Crippen LogP contribution in [0.3, 0.4) is 0 Å². The molecule has 1 atom stereocenters. The van der Waals surface area contributed by atoms with E-state index < -0.39 is 22.3 Å². The van der Waals surface area contributed by atoms with E-state index in [9.17, 15) is 14.0 Å². The lowest BCUT2D eigenvalue weighted by molar-refractivity contribution is -0.134. The average molecular weight is 569 g/mol. The van der Waals surface area contributed by atoms with Gasteiger partial charge in [-0.1, -0.05) is 39.0 Å². The van der Waals surface area contributed by atoms with Gasteiger partial charge >= 0.3 is 0 Å². The largest absolute Gasteiger partial charge is 0.378 e. The molecular formula is C30H34F2N4O3S. The highest BCUT2D eigenvalue weighted by Crippen LogP contribution is 2.49. The summed E-state index contributed by atoms with van der Waals surface area (Å²) >= 11 is 1.27. The topological polar surface area (TPSA) is 67.7 Å². The number of nitrogens with zero attached hydrogens (tertiary/aromatic N) is 4. The van der Waals surface area contributed by atoms with Gasteiger partial charge in [-0.25, -0.2) is 13.5 Å². The smallest absolute Gasteiger partial charge is 0.242 e. The van der Waals surface area contributed by atoms with Gasteiger partial charge in [0.05, 0.1) is 35.6 Å². The first-order chi connectivity index (χ1) is 19.0. The van der Waals surface area contributed by atoms with E-state index in [1.165, 1.54) is 28.8 Å². The zero-order valence-corrected chi connectivity index (χ0v) is 24.3. The fourth-order valence-electron chi connectivity index (χ4n) is 5.21.